The van der Waals surface area contributed by atoms with Gasteiger partial charge in [0.15, 0.2) is 0 Å². The molecule has 0 N–H and O–H groups in total. The minimum atomic E-state index is -0.552. The van der Waals surface area contributed by atoms with Crippen LogP contribution in [0.1, 0.15) is 31.7 Å². The van der Waals surface area contributed by atoms with E-state index < -0.39 is 17.9 Å². The first kappa shape index (κ1) is 19.0. The van der Waals surface area contributed by atoms with Gasteiger partial charge in [0, 0.05) is 23.1 Å². The monoisotopic (exact) mass is 365 g/mol. The third-order valence-corrected chi connectivity index (χ3v) is 4.45. The Morgan fingerprint density at radius 3 is 2.60 bits per heavy atom. The number of carbonyl (C=O) groups excluding carboxylic acids is 3. The number of esters is 2. The lowest BCUT2D eigenvalue weighted by molar-refractivity contribution is -0.148. The number of methoxy groups -OCH3 is 1. The standard InChI is InChI=1S/C18H20ClNO5/c1-4-25-16(22)10-20-11(2)17(18(23)24-3)13(9-15(20)21)12-7-5-6-8-14(12)19/h5-8,13H,4,9-10H2,1-3H3/t13-/m0/s1. The van der Waals surface area contributed by atoms with Crippen LogP contribution < -0.4 is 0 Å². The van der Waals surface area contributed by atoms with Gasteiger partial charge in [0.2, 0.25) is 5.91 Å². The Labute approximate surface area is 151 Å². The number of amides is 1. The molecule has 1 amide bonds. The summed E-state index contributed by atoms with van der Waals surface area (Å²) in [7, 11) is 1.28. The molecule has 1 aliphatic heterocycles. The van der Waals surface area contributed by atoms with Gasteiger partial charge in [-0.2, -0.15) is 0 Å². The topological polar surface area (TPSA) is 72.9 Å². The van der Waals surface area contributed by atoms with Crippen LogP contribution in [-0.2, 0) is 23.9 Å². The zero-order valence-electron chi connectivity index (χ0n) is 14.4. The molecule has 0 unspecified atom stereocenters. The molecule has 134 valence electrons. The highest BCUT2D eigenvalue weighted by Gasteiger charge is 2.38. The summed E-state index contributed by atoms with van der Waals surface area (Å²) in [5.41, 5.74) is 1.37. The van der Waals surface area contributed by atoms with E-state index in [1.54, 1.807) is 38.1 Å². The molecular weight excluding hydrogens is 346 g/mol. The van der Waals surface area contributed by atoms with Crippen molar-refractivity contribution in [1.82, 2.24) is 4.90 Å². The fourth-order valence-corrected chi connectivity index (χ4v) is 3.20. The number of allylic oxidation sites excluding steroid dienone is 1. The highest BCUT2D eigenvalue weighted by Crippen LogP contribution is 2.39. The molecule has 1 aromatic rings. The van der Waals surface area contributed by atoms with Gasteiger partial charge < -0.3 is 14.4 Å². The van der Waals surface area contributed by atoms with Gasteiger partial charge in [0.05, 0.1) is 19.3 Å². The molecule has 0 spiro atoms. The number of ether oxygens (including phenoxy) is 2. The molecule has 0 aromatic heterocycles. The molecule has 25 heavy (non-hydrogen) atoms. The van der Waals surface area contributed by atoms with Crippen LogP contribution in [0.15, 0.2) is 35.5 Å². The highest BCUT2D eigenvalue weighted by molar-refractivity contribution is 6.31. The molecule has 2 rings (SSSR count). The third-order valence-electron chi connectivity index (χ3n) is 4.10. The Hall–Kier alpha value is -2.34. The van der Waals surface area contributed by atoms with E-state index in [1.165, 1.54) is 12.0 Å². The number of nitrogens with zero attached hydrogens (tertiary/aromatic N) is 1. The Bertz CT molecular complexity index is 728. The summed E-state index contributed by atoms with van der Waals surface area (Å²) in [6, 6.07) is 7.05. The number of hydrogen-bond acceptors (Lipinski definition) is 5. The maximum Gasteiger partial charge on any atom is 0.336 e. The van der Waals surface area contributed by atoms with E-state index in [0.717, 1.165) is 0 Å². The second-order valence-electron chi connectivity index (χ2n) is 5.55. The van der Waals surface area contributed by atoms with Gasteiger partial charge in [-0.15, -0.1) is 0 Å². The largest absolute Gasteiger partial charge is 0.466 e. The number of hydrogen-bond donors (Lipinski definition) is 0. The van der Waals surface area contributed by atoms with Gasteiger partial charge in [-0.05, 0) is 25.5 Å². The quantitative estimate of drug-likeness (QED) is 0.750. The molecule has 0 bridgehead atoms. The predicted molar refractivity (Wildman–Crippen MR) is 91.9 cm³/mol. The van der Waals surface area contributed by atoms with E-state index >= 15 is 0 Å². The lowest BCUT2D eigenvalue weighted by atomic mass is 9.83. The van der Waals surface area contributed by atoms with Crippen molar-refractivity contribution in [1.29, 1.82) is 0 Å². The van der Waals surface area contributed by atoms with E-state index in [9.17, 15) is 14.4 Å². The first-order valence-corrected chi connectivity index (χ1v) is 8.28. The molecule has 0 saturated carbocycles. The predicted octanol–water partition coefficient (Wildman–Crippen LogP) is 2.67. The van der Waals surface area contributed by atoms with Crippen molar-refractivity contribution in [2.75, 3.05) is 20.3 Å². The smallest absolute Gasteiger partial charge is 0.336 e. The minimum absolute atomic E-state index is 0.0188. The van der Waals surface area contributed by atoms with Gasteiger partial charge in [0.25, 0.3) is 0 Å². The molecule has 1 aromatic carbocycles. The highest BCUT2D eigenvalue weighted by atomic mass is 35.5. The maximum atomic E-state index is 12.6. The number of benzene rings is 1. The summed E-state index contributed by atoms with van der Waals surface area (Å²) in [5.74, 6) is -1.88. The van der Waals surface area contributed by atoms with Crippen LogP contribution in [0.5, 0.6) is 0 Å². The molecule has 7 heteroatoms. The molecule has 0 radical (unpaired) electrons. The van der Waals surface area contributed by atoms with Crippen LogP contribution in [0.3, 0.4) is 0 Å². The van der Waals surface area contributed by atoms with Crippen molar-refractivity contribution in [2.24, 2.45) is 0 Å². The van der Waals surface area contributed by atoms with Crippen molar-refractivity contribution < 1.29 is 23.9 Å². The van der Waals surface area contributed by atoms with E-state index in [0.29, 0.717) is 21.9 Å². The second-order valence-corrected chi connectivity index (χ2v) is 5.96. The molecule has 1 heterocycles. The van der Waals surface area contributed by atoms with Crippen LogP contribution in [-0.4, -0.2) is 43.0 Å². The van der Waals surface area contributed by atoms with Crippen LogP contribution in [0.2, 0.25) is 5.02 Å². The molecule has 0 fully saturated rings. The number of halogens is 1. The summed E-state index contributed by atoms with van der Waals surface area (Å²) in [5, 5.41) is 0.466. The minimum Gasteiger partial charge on any atom is -0.466 e. The SMILES string of the molecule is CCOC(=O)CN1C(=O)C[C@@H](c2ccccc2Cl)C(C(=O)OC)=C1C. The Balaban J connectivity index is 2.48. The molecule has 1 atom stereocenters. The van der Waals surface area contributed by atoms with Crippen molar-refractivity contribution in [3.8, 4) is 0 Å². The van der Waals surface area contributed by atoms with E-state index in [1.807, 2.05) is 0 Å². The molecule has 0 aliphatic carbocycles. The zero-order valence-corrected chi connectivity index (χ0v) is 15.1. The Morgan fingerprint density at radius 1 is 1.32 bits per heavy atom. The average molecular weight is 366 g/mol. The third kappa shape index (κ3) is 4.02. The fourth-order valence-electron chi connectivity index (χ4n) is 2.94. The average Bonchev–Trinajstić information content (AvgIpc) is 2.58. The fraction of sp³-hybridized carbons (Fsp3) is 0.389. The zero-order chi connectivity index (χ0) is 18.6. The summed E-state index contributed by atoms with van der Waals surface area (Å²) in [6.07, 6.45) is 0.0188. The van der Waals surface area contributed by atoms with Crippen LogP contribution >= 0.6 is 11.6 Å². The van der Waals surface area contributed by atoms with Gasteiger partial charge >= 0.3 is 11.9 Å². The maximum absolute atomic E-state index is 12.6. The number of rotatable bonds is 5. The summed E-state index contributed by atoms with van der Waals surface area (Å²) in [6.45, 7) is 3.28. The summed E-state index contributed by atoms with van der Waals surface area (Å²) in [4.78, 5) is 38.0. The van der Waals surface area contributed by atoms with Crippen molar-refractivity contribution in [3.05, 3.63) is 46.1 Å². The summed E-state index contributed by atoms with van der Waals surface area (Å²) >= 11 is 6.25. The first-order chi connectivity index (χ1) is 11.9. The number of carbonyl (C=O) groups is 3. The first-order valence-electron chi connectivity index (χ1n) is 7.90. The van der Waals surface area contributed by atoms with E-state index in [2.05, 4.69) is 0 Å². The van der Waals surface area contributed by atoms with Gasteiger partial charge in [-0.25, -0.2) is 4.79 Å². The van der Waals surface area contributed by atoms with Crippen LogP contribution in [0.25, 0.3) is 0 Å². The van der Waals surface area contributed by atoms with Crippen molar-refractivity contribution >= 4 is 29.4 Å². The van der Waals surface area contributed by atoms with Crippen LogP contribution in [0, 0.1) is 0 Å². The van der Waals surface area contributed by atoms with Gasteiger partial charge in [-0.1, -0.05) is 29.8 Å². The lowest BCUT2D eigenvalue weighted by Crippen LogP contribution is -2.41. The van der Waals surface area contributed by atoms with Crippen molar-refractivity contribution in [3.63, 3.8) is 0 Å². The Kier molecular flexibility index (Phi) is 6.20. The lowest BCUT2D eigenvalue weighted by Gasteiger charge is -2.34. The molecule has 1 aliphatic rings. The van der Waals surface area contributed by atoms with Gasteiger partial charge in [-0.3, -0.25) is 9.59 Å². The Morgan fingerprint density at radius 2 is 2.00 bits per heavy atom. The molecular formula is C18H20ClNO5. The van der Waals surface area contributed by atoms with Crippen LogP contribution in [0.4, 0.5) is 0 Å². The van der Waals surface area contributed by atoms with Crippen molar-refractivity contribution in [2.45, 2.75) is 26.2 Å². The summed E-state index contributed by atoms with van der Waals surface area (Å²) < 4.78 is 9.79. The normalized spacial score (nSPS) is 17.5. The van der Waals surface area contributed by atoms with Gasteiger partial charge in [0.1, 0.15) is 6.54 Å². The van der Waals surface area contributed by atoms with E-state index in [4.69, 9.17) is 21.1 Å². The van der Waals surface area contributed by atoms with E-state index in [-0.39, 0.29) is 25.5 Å². The molecule has 0 saturated heterocycles. The second kappa shape index (κ2) is 8.16. The molecule has 6 nitrogen and oxygen atoms in total.